The summed E-state index contributed by atoms with van der Waals surface area (Å²) in [6, 6.07) is 15.5. The molecule has 2 rings (SSSR count). The Bertz CT molecular complexity index is 632. The van der Waals surface area contributed by atoms with Crippen molar-refractivity contribution >= 4 is 6.08 Å². The van der Waals surface area contributed by atoms with Crippen molar-refractivity contribution in [2.24, 2.45) is 0 Å². The van der Waals surface area contributed by atoms with Crippen LogP contribution in [-0.2, 0) is 6.42 Å². The second-order valence-electron chi connectivity index (χ2n) is 4.62. The number of hydrogen-bond donors (Lipinski definition) is 2. The molecule has 2 N–H and O–H groups in total. The Morgan fingerprint density at radius 3 is 2.76 bits per heavy atom. The van der Waals surface area contributed by atoms with E-state index in [9.17, 15) is 5.11 Å². The molecule has 0 fully saturated rings. The lowest BCUT2D eigenvalue weighted by molar-refractivity contribution is 0.252. The van der Waals surface area contributed by atoms with Crippen molar-refractivity contribution in [2.45, 2.75) is 12.5 Å². The zero-order chi connectivity index (χ0) is 14.9. The van der Waals surface area contributed by atoms with Gasteiger partial charge in [0.2, 0.25) is 0 Å². The van der Waals surface area contributed by atoms with Crippen molar-refractivity contribution < 1.29 is 5.11 Å². The highest BCUT2D eigenvalue weighted by atomic mass is 16.3. The quantitative estimate of drug-likeness (QED) is 0.850. The average Bonchev–Trinajstić information content (AvgIpc) is 2.55. The van der Waals surface area contributed by atoms with Crippen LogP contribution < -0.4 is 5.32 Å². The van der Waals surface area contributed by atoms with E-state index in [1.54, 1.807) is 30.6 Å². The highest BCUT2D eigenvalue weighted by Crippen LogP contribution is 2.06. The van der Waals surface area contributed by atoms with Gasteiger partial charge in [0.05, 0.1) is 23.9 Å². The molecule has 1 atom stereocenters. The number of pyridine rings is 1. The van der Waals surface area contributed by atoms with Crippen LogP contribution in [0.2, 0.25) is 0 Å². The first-order valence-electron chi connectivity index (χ1n) is 6.76. The summed E-state index contributed by atoms with van der Waals surface area (Å²) in [4.78, 5) is 4.14. The number of aromatic nitrogens is 1. The Labute approximate surface area is 124 Å². The second kappa shape index (κ2) is 7.83. The highest BCUT2D eigenvalue weighted by molar-refractivity contribution is 5.53. The van der Waals surface area contributed by atoms with E-state index >= 15 is 0 Å². The van der Waals surface area contributed by atoms with E-state index in [1.165, 1.54) is 0 Å². The molecule has 0 aliphatic carbocycles. The number of aliphatic hydroxyl groups is 1. The molecular formula is C17H17N3O. The van der Waals surface area contributed by atoms with Crippen LogP contribution in [0.25, 0.3) is 6.08 Å². The standard InChI is InChI=1S/C17H17N3O/c18-12-15-7-4-9-20-17(15)8-10-19-16(13-21)11-14-5-2-1-3-6-14/h1-10,16,19,21H,11,13H2/b10-8+. The molecule has 4 heteroatoms. The number of nitrogens with one attached hydrogen (secondary N) is 1. The van der Waals surface area contributed by atoms with Crippen molar-refractivity contribution in [1.29, 1.82) is 5.26 Å². The molecule has 1 aromatic carbocycles. The number of rotatable bonds is 6. The molecule has 4 nitrogen and oxygen atoms in total. The lowest BCUT2D eigenvalue weighted by Gasteiger charge is -2.14. The van der Waals surface area contributed by atoms with Gasteiger partial charge in [0, 0.05) is 6.20 Å². The zero-order valence-corrected chi connectivity index (χ0v) is 11.6. The van der Waals surface area contributed by atoms with Crippen molar-refractivity contribution in [3.63, 3.8) is 0 Å². The van der Waals surface area contributed by atoms with Crippen LogP contribution >= 0.6 is 0 Å². The summed E-state index contributed by atoms with van der Waals surface area (Å²) in [6.45, 7) is 0.0343. The first-order valence-corrected chi connectivity index (χ1v) is 6.76. The Balaban J connectivity index is 1.97. The molecule has 0 aliphatic heterocycles. The number of benzene rings is 1. The van der Waals surface area contributed by atoms with Gasteiger partial charge >= 0.3 is 0 Å². The molecule has 21 heavy (non-hydrogen) atoms. The van der Waals surface area contributed by atoms with Gasteiger partial charge in [0.25, 0.3) is 0 Å². The summed E-state index contributed by atoms with van der Waals surface area (Å²) >= 11 is 0. The van der Waals surface area contributed by atoms with E-state index in [2.05, 4.69) is 16.4 Å². The maximum absolute atomic E-state index is 9.42. The fourth-order valence-corrected chi connectivity index (χ4v) is 1.98. The van der Waals surface area contributed by atoms with Gasteiger partial charge in [-0.3, -0.25) is 4.98 Å². The molecule has 1 heterocycles. The minimum Gasteiger partial charge on any atom is -0.394 e. The molecule has 0 radical (unpaired) electrons. The van der Waals surface area contributed by atoms with Gasteiger partial charge in [-0.15, -0.1) is 0 Å². The largest absolute Gasteiger partial charge is 0.394 e. The van der Waals surface area contributed by atoms with Crippen LogP contribution in [0.1, 0.15) is 16.8 Å². The third kappa shape index (κ3) is 4.44. The fourth-order valence-electron chi connectivity index (χ4n) is 1.98. The first kappa shape index (κ1) is 14.8. The van der Waals surface area contributed by atoms with Crippen molar-refractivity contribution in [3.05, 3.63) is 71.7 Å². The van der Waals surface area contributed by atoms with Gasteiger partial charge in [0.15, 0.2) is 0 Å². The first-order chi connectivity index (χ1) is 10.3. The summed E-state index contributed by atoms with van der Waals surface area (Å²) in [7, 11) is 0. The van der Waals surface area contributed by atoms with E-state index in [1.807, 2.05) is 30.3 Å². The second-order valence-corrected chi connectivity index (χ2v) is 4.62. The van der Waals surface area contributed by atoms with Crippen LogP contribution in [0, 0.1) is 11.3 Å². The maximum atomic E-state index is 9.42. The van der Waals surface area contributed by atoms with Crippen molar-refractivity contribution in [1.82, 2.24) is 10.3 Å². The van der Waals surface area contributed by atoms with Crippen LogP contribution in [0.15, 0.2) is 54.9 Å². The van der Waals surface area contributed by atoms with Gasteiger partial charge < -0.3 is 10.4 Å². The van der Waals surface area contributed by atoms with Crippen LogP contribution in [-0.4, -0.2) is 22.7 Å². The normalized spacial score (nSPS) is 12.0. The molecule has 0 aliphatic rings. The molecule has 0 amide bonds. The molecule has 0 bridgehead atoms. The molecule has 1 aromatic heterocycles. The lowest BCUT2D eigenvalue weighted by Crippen LogP contribution is -2.30. The minimum absolute atomic E-state index is 0.0343. The molecule has 0 saturated heterocycles. The average molecular weight is 279 g/mol. The SMILES string of the molecule is N#Cc1cccnc1/C=C/NC(CO)Cc1ccccc1. The predicted molar refractivity (Wildman–Crippen MR) is 82.1 cm³/mol. The summed E-state index contributed by atoms with van der Waals surface area (Å²) in [6.07, 6.45) is 5.85. The van der Waals surface area contributed by atoms with E-state index < -0.39 is 0 Å². The Morgan fingerprint density at radius 1 is 1.24 bits per heavy atom. The van der Waals surface area contributed by atoms with E-state index in [4.69, 9.17) is 5.26 Å². The Morgan fingerprint density at radius 2 is 2.05 bits per heavy atom. The monoisotopic (exact) mass is 279 g/mol. The van der Waals surface area contributed by atoms with E-state index in [0.717, 1.165) is 12.0 Å². The molecule has 2 aromatic rings. The topological polar surface area (TPSA) is 68.9 Å². The predicted octanol–water partition coefficient (Wildman–Crippen LogP) is 2.12. The Hall–Kier alpha value is -2.64. The molecule has 106 valence electrons. The minimum atomic E-state index is -0.0714. The third-order valence-electron chi connectivity index (χ3n) is 3.08. The number of hydrogen-bond acceptors (Lipinski definition) is 4. The van der Waals surface area contributed by atoms with E-state index in [0.29, 0.717) is 11.3 Å². The smallest absolute Gasteiger partial charge is 0.101 e. The Kier molecular flexibility index (Phi) is 5.50. The van der Waals surface area contributed by atoms with Crippen LogP contribution in [0.4, 0.5) is 0 Å². The molecule has 1 unspecified atom stereocenters. The molecule has 0 saturated carbocycles. The van der Waals surface area contributed by atoms with Gasteiger partial charge in [0.1, 0.15) is 6.07 Å². The summed E-state index contributed by atoms with van der Waals surface area (Å²) < 4.78 is 0. The molecular weight excluding hydrogens is 262 g/mol. The highest BCUT2D eigenvalue weighted by Gasteiger charge is 2.05. The van der Waals surface area contributed by atoms with Crippen molar-refractivity contribution in [2.75, 3.05) is 6.61 Å². The lowest BCUT2D eigenvalue weighted by atomic mass is 10.1. The van der Waals surface area contributed by atoms with Gasteiger partial charge in [-0.25, -0.2) is 0 Å². The van der Waals surface area contributed by atoms with Crippen molar-refractivity contribution in [3.8, 4) is 6.07 Å². The third-order valence-corrected chi connectivity index (χ3v) is 3.08. The van der Waals surface area contributed by atoms with Gasteiger partial charge in [-0.2, -0.15) is 5.26 Å². The summed E-state index contributed by atoms with van der Waals surface area (Å²) in [5, 5.41) is 21.5. The van der Waals surface area contributed by atoms with Crippen LogP contribution in [0.3, 0.4) is 0 Å². The number of nitriles is 1. The van der Waals surface area contributed by atoms with E-state index in [-0.39, 0.29) is 12.6 Å². The molecule has 0 spiro atoms. The maximum Gasteiger partial charge on any atom is 0.101 e. The fraction of sp³-hybridized carbons (Fsp3) is 0.176. The van der Waals surface area contributed by atoms with Gasteiger partial charge in [-0.1, -0.05) is 30.3 Å². The number of aliphatic hydroxyl groups excluding tert-OH is 1. The summed E-state index contributed by atoms with van der Waals surface area (Å²) in [5.74, 6) is 0. The number of nitrogens with zero attached hydrogens (tertiary/aromatic N) is 2. The zero-order valence-electron chi connectivity index (χ0n) is 11.6. The van der Waals surface area contributed by atoms with Gasteiger partial charge in [-0.05, 0) is 36.4 Å². The van der Waals surface area contributed by atoms with Crippen LogP contribution in [0.5, 0.6) is 0 Å². The summed E-state index contributed by atoms with van der Waals surface area (Å²) in [5.41, 5.74) is 2.30.